The average Bonchev–Trinajstić information content (AvgIpc) is 2.07. The molecule has 0 saturated carbocycles. The molecule has 0 fully saturated rings. The van der Waals surface area contributed by atoms with Crippen molar-refractivity contribution < 1.29 is 13.5 Å². The van der Waals surface area contributed by atoms with E-state index in [0.29, 0.717) is 5.92 Å². The van der Waals surface area contributed by atoms with Crippen molar-refractivity contribution in [1.29, 1.82) is 0 Å². The second-order valence-corrected chi connectivity index (χ2v) is 3.56. The van der Waals surface area contributed by atoms with Crippen LogP contribution in [0, 0.1) is 6.92 Å². The summed E-state index contributed by atoms with van der Waals surface area (Å²) >= 11 is 0. The van der Waals surface area contributed by atoms with Crippen LogP contribution in [0.3, 0.4) is 0 Å². The number of halogens is 2. The Labute approximate surface area is 82.7 Å². The highest BCUT2D eigenvalue weighted by molar-refractivity contribution is 5.37. The van der Waals surface area contributed by atoms with Crippen LogP contribution in [0.25, 0.3) is 0 Å². The standard InChI is InChI=1S/C11H14F2O/c1-7(2)9-4-5-10(8(3)6-9)14-11(12)13/h4-7,11H,1-3H3. The molecule has 1 aromatic rings. The number of rotatable bonds is 3. The van der Waals surface area contributed by atoms with Crippen molar-refractivity contribution in [2.75, 3.05) is 0 Å². The molecule has 0 atom stereocenters. The Morgan fingerprint density at radius 3 is 2.29 bits per heavy atom. The minimum Gasteiger partial charge on any atom is -0.435 e. The van der Waals surface area contributed by atoms with Gasteiger partial charge in [0.05, 0.1) is 0 Å². The molecule has 3 heteroatoms. The van der Waals surface area contributed by atoms with Crippen LogP contribution < -0.4 is 4.74 Å². The Morgan fingerprint density at radius 1 is 1.21 bits per heavy atom. The van der Waals surface area contributed by atoms with Gasteiger partial charge in [0, 0.05) is 0 Å². The van der Waals surface area contributed by atoms with Gasteiger partial charge in [-0.15, -0.1) is 0 Å². The first-order valence-electron chi connectivity index (χ1n) is 4.56. The highest BCUT2D eigenvalue weighted by Crippen LogP contribution is 2.24. The summed E-state index contributed by atoms with van der Waals surface area (Å²) in [6.45, 7) is 3.13. The Morgan fingerprint density at radius 2 is 1.86 bits per heavy atom. The number of hydrogen-bond acceptors (Lipinski definition) is 1. The van der Waals surface area contributed by atoms with Crippen LogP contribution in [0.15, 0.2) is 18.2 Å². The predicted molar refractivity (Wildman–Crippen MR) is 51.9 cm³/mol. The SMILES string of the molecule is Cc1cc(C(C)C)ccc1OC(F)F. The summed E-state index contributed by atoms with van der Waals surface area (Å²) < 4.78 is 28.2. The van der Waals surface area contributed by atoms with Crippen molar-refractivity contribution in [1.82, 2.24) is 0 Å². The van der Waals surface area contributed by atoms with Crippen molar-refractivity contribution in [2.24, 2.45) is 0 Å². The third kappa shape index (κ3) is 2.69. The molecule has 0 aliphatic rings. The number of hydrogen-bond donors (Lipinski definition) is 0. The maximum Gasteiger partial charge on any atom is 0.387 e. The normalized spacial score (nSPS) is 11.1. The third-order valence-electron chi connectivity index (χ3n) is 2.08. The first-order valence-corrected chi connectivity index (χ1v) is 4.56. The van der Waals surface area contributed by atoms with E-state index in [0.717, 1.165) is 11.1 Å². The quantitative estimate of drug-likeness (QED) is 0.722. The van der Waals surface area contributed by atoms with Gasteiger partial charge >= 0.3 is 6.61 Å². The second-order valence-electron chi connectivity index (χ2n) is 3.56. The lowest BCUT2D eigenvalue weighted by Crippen LogP contribution is -2.03. The van der Waals surface area contributed by atoms with Crippen molar-refractivity contribution in [2.45, 2.75) is 33.3 Å². The average molecular weight is 200 g/mol. The van der Waals surface area contributed by atoms with Gasteiger partial charge in [0.15, 0.2) is 0 Å². The Balaban J connectivity index is 2.90. The second kappa shape index (κ2) is 4.40. The predicted octanol–water partition coefficient (Wildman–Crippen LogP) is 3.72. The monoisotopic (exact) mass is 200 g/mol. The zero-order valence-corrected chi connectivity index (χ0v) is 8.55. The fraction of sp³-hybridized carbons (Fsp3) is 0.455. The van der Waals surface area contributed by atoms with Crippen molar-refractivity contribution in [3.8, 4) is 5.75 Å². The molecule has 0 amide bonds. The fourth-order valence-electron chi connectivity index (χ4n) is 1.26. The van der Waals surface area contributed by atoms with Crippen LogP contribution in [0.5, 0.6) is 5.75 Å². The van der Waals surface area contributed by atoms with Crippen molar-refractivity contribution in [3.05, 3.63) is 29.3 Å². The van der Waals surface area contributed by atoms with Gasteiger partial charge in [-0.05, 0) is 30.0 Å². The lowest BCUT2D eigenvalue weighted by molar-refractivity contribution is -0.0503. The Hall–Kier alpha value is -1.12. The van der Waals surface area contributed by atoms with Crippen LogP contribution in [-0.2, 0) is 0 Å². The van der Waals surface area contributed by atoms with E-state index in [4.69, 9.17) is 0 Å². The van der Waals surface area contributed by atoms with E-state index in [1.54, 1.807) is 13.0 Å². The molecule has 78 valence electrons. The molecule has 0 aromatic heterocycles. The van der Waals surface area contributed by atoms with Gasteiger partial charge < -0.3 is 4.74 Å². The van der Waals surface area contributed by atoms with E-state index in [9.17, 15) is 8.78 Å². The number of alkyl halides is 2. The molecule has 1 nitrogen and oxygen atoms in total. The van der Waals surface area contributed by atoms with Crippen LogP contribution in [-0.4, -0.2) is 6.61 Å². The van der Waals surface area contributed by atoms with Crippen LogP contribution >= 0.6 is 0 Å². The number of benzene rings is 1. The van der Waals surface area contributed by atoms with Gasteiger partial charge in [-0.3, -0.25) is 0 Å². The molecule has 14 heavy (non-hydrogen) atoms. The van der Waals surface area contributed by atoms with E-state index in [2.05, 4.69) is 18.6 Å². The summed E-state index contributed by atoms with van der Waals surface area (Å²) in [4.78, 5) is 0. The smallest absolute Gasteiger partial charge is 0.387 e. The van der Waals surface area contributed by atoms with Crippen LogP contribution in [0.2, 0.25) is 0 Å². The zero-order valence-electron chi connectivity index (χ0n) is 8.55. The maximum absolute atomic E-state index is 11.9. The van der Waals surface area contributed by atoms with E-state index < -0.39 is 6.61 Å². The van der Waals surface area contributed by atoms with Gasteiger partial charge in [0.2, 0.25) is 0 Å². The van der Waals surface area contributed by atoms with Gasteiger partial charge in [-0.1, -0.05) is 26.0 Å². The molecule has 0 spiro atoms. The minimum absolute atomic E-state index is 0.254. The van der Waals surface area contributed by atoms with E-state index in [1.807, 2.05) is 12.1 Å². The first kappa shape index (κ1) is 11.0. The highest BCUT2D eigenvalue weighted by atomic mass is 19.3. The highest BCUT2D eigenvalue weighted by Gasteiger charge is 2.08. The molecule has 0 N–H and O–H groups in total. The molecule has 0 unspecified atom stereocenters. The molecule has 1 aromatic carbocycles. The Bertz CT molecular complexity index is 308. The first-order chi connectivity index (χ1) is 6.50. The summed E-state index contributed by atoms with van der Waals surface area (Å²) in [5.74, 6) is 0.652. The molecule has 0 saturated heterocycles. The largest absolute Gasteiger partial charge is 0.435 e. The molecule has 1 rings (SSSR count). The van der Waals surface area contributed by atoms with Gasteiger partial charge in [-0.2, -0.15) is 8.78 Å². The number of ether oxygens (including phenoxy) is 1. The van der Waals surface area contributed by atoms with Crippen LogP contribution in [0.4, 0.5) is 8.78 Å². The minimum atomic E-state index is -2.75. The molecular formula is C11H14F2O. The fourth-order valence-corrected chi connectivity index (χ4v) is 1.26. The molecule has 0 radical (unpaired) electrons. The topological polar surface area (TPSA) is 9.23 Å². The summed E-state index contributed by atoms with van der Waals surface area (Å²) in [7, 11) is 0. The molecule has 0 aliphatic carbocycles. The molecule has 0 bridgehead atoms. The summed E-state index contributed by atoms with van der Waals surface area (Å²) in [5, 5.41) is 0. The number of aryl methyl sites for hydroxylation is 1. The summed E-state index contributed by atoms with van der Waals surface area (Å²) in [6.07, 6.45) is 0. The van der Waals surface area contributed by atoms with E-state index >= 15 is 0 Å². The Kier molecular flexibility index (Phi) is 3.44. The third-order valence-corrected chi connectivity index (χ3v) is 2.08. The molecular weight excluding hydrogens is 186 g/mol. The lowest BCUT2D eigenvalue weighted by atomic mass is 10.0. The molecule has 0 aliphatic heterocycles. The summed E-state index contributed by atoms with van der Waals surface area (Å²) in [6, 6.07) is 5.29. The van der Waals surface area contributed by atoms with E-state index in [1.165, 1.54) is 0 Å². The van der Waals surface area contributed by atoms with Gasteiger partial charge in [0.1, 0.15) is 5.75 Å². The van der Waals surface area contributed by atoms with E-state index in [-0.39, 0.29) is 5.75 Å². The van der Waals surface area contributed by atoms with Gasteiger partial charge in [0.25, 0.3) is 0 Å². The lowest BCUT2D eigenvalue weighted by Gasteiger charge is -2.11. The molecule has 0 heterocycles. The zero-order chi connectivity index (χ0) is 10.7. The summed E-state index contributed by atoms with van der Waals surface area (Å²) in [5.41, 5.74) is 1.88. The van der Waals surface area contributed by atoms with Crippen molar-refractivity contribution in [3.63, 3.8) is 0 Å². The maximum atomic E-state index is 11.9. The van der Waals surface area contributed by atoms with Crippen LogP contribution in [0.1, 0.15) is 30.9 Å². The van der Waals surface area contributed by atoms with Crippen molar-refractivity contribution >= 4 is 0 Å². The van der Waals surface area contributed by atoms with Gasteiger partial charge in [-0.25, -0.2) is 0 Å².